The molecule has 0 unspecified atom stereocenters. The number of carbonyl (C=O) groups excluding carboxylic acids is 2. The summed E-state index contributed by atoms with van der Waals surface area (Å²) in [6.07, 6.45) is 5.18. The molecular formula is C18H13F3N2O4. The summed E-state index contributed by atoms with van der Waals surface area (Å²) in [5.41, 5.74) is -0.115. The molecule has 0 radical (unpaired) electrons. The van der Waals surface area contributed by atoms with Crippen LogP contribution >= 0.6 is 0 Å². The molecule has 0 saturated heterocycles. The summed E-state index contributed by atoms with van der Waals surface area (Å²) in [6, 6.07) is 4.29. The Morgan fingerprint density at radius 3 is 2.59 bits per heavy atom. The minimum absolute atomic E-state index is 0.0237. The van der Waals surface area contributed by atoms with E-state index in [2.05, 4.69) is 16.1 Å². The molecule has 6 nitrogen and oxygen atoms in total. The van der Waals surface area contributed by atoms with Crippen LogP contribution in [0.15, 0.2) is 24.3 Å². The van der Waals surface area contributed by atoms with Gasteiger partial charge in [-0.25, -0.2) is 18.7 Å². The minimum atomic E-state index is -1.56. The van der Waals surface area contributed by atoms with Gasteiger partial charge in [-0.1, -0.05) is 5.92 Å². The lowest BCUT2D eigenvalue weighted by atomic mass is 10.1. The van der Waals surface area contributed by atoms with E-state index < -0.39 is 46.8 Å². The fourth-order valence-corrected chi connectivity index (χ4v) is 2.09. The Labute approximate surface area is 151 Å². The van der Waals surface area contributed by atoms with Gasteiger partial charge in [0.25, 0.3) is 5.91 Å². The lowest BCUT2D eigenvalue weighted by Gasteiger charge is -2.15. The molecule has 0 aliphatic heterocycles. The first kappa shape index (κ1) is 20.0. The Hall–Kier alpha value is -3.35. The van der Waals surface area contributed by atoms with Gasteiger partial charge in [-0.2, -0.15) is 0 Å². The van der Waals surface area contributed by atoms with Crippen LogP contribution in [0.25, 0.3) is 0 Å². The Bertz CT molecular complexity index is 926. The van der Waals surface area contributed by atoms with Gasteiger partial charge in [0, 0.05) is 5.56 Å². The highest BCUT2D eigenvalue weighted by Crippen LogP contribution is 2.29. The smallest absolute Gasteiger partial charge is 0.277 e. The van der Waals surface area contributed by atoms with Crippen molar-refractivity contribution in [2.24, 2.45) is 0 Å². The van der Waals surface area contributed by atoms with Gasteiger partial charge in [-0.3, -0.25) is 14.4 Å². The van der Waals surface area contributed by atoms with Crippen molar-refractivity contribution in [1.82, 2.24) is 5.48 Å². The fourth-order valence-electron chi connectivity index (χ4n) is 2.09. The van der Waals surface area contributed by atoms with Crippen LogP contribution in [0.1, 0.15) is 26.3 Å². The van der Waals surface area contributed by atoms with Crippen molar-refractivity contribution in [3.05, 3.63) is 58.4 Å². The Kier molecular flexibility index (Phi) is 6.54. The normalized spacial score (nSPS) is 10.2. The first-order valence-corrected chi connectivity index (χ1v) is 7.46. The van der Waals surface area contributed by atoms with E-state index in [1.807, 2.05) is 5.48 Å². The van der Waals surface area contributed by atoms with Gasteiger partial charge in [0.05, 0.1) is 35.7 Å². The van der Waals surface area contributed by atoms with Crippen molar-refractivity contribution in [3.63, 3.8) is 0 Å². The number of aliphatic hydroxyl groups excluding tert-OH is 1. The lowest BCUT2D eigenvalue weighted by molar-refractivity contribution is 0.0168. The zero-order chi connectivity index (χ0) is 20.0. The molecule has 0 fully saturated rings. The third-order valence-corrected chi connectivity index (χ3v) is 3.36. The van der Waals surface area contributed by atoms with Crippen LogP contribution in [0, 0.1) is 29.8 Å². The van der Waals surface area contributed by atoms with E-state index in [1.165, 1.54) is 12.1 Å². The number of terminal acetylenes is 1. The number of halogens is 3. The molecule has 0 aromatic heterocycles. The highest BCUT2D eigenvalue weighted by atomic mass is 19.2. The molecular weight excluding hydrogens is 365 g/mol. The maximum Gasteiger partial charge on any atom is 0.277 e. The molecule has 140 valence electrons. The molecule has 0 bridgehead atoms. The zero-order valence-corrected chi connectivity index (χ0v) is 13.7. The summed E-state index contributed by atoms with van der Waals surface area (Å²) in [5, 5.41) is 10.9. The van der Waals surface area contributed by atoms with E-state index in [4.69, 9.17) is 11.5 Å². The first-order chi connectivity index (χ1) is 12.9. The molecule has 0 saturated carbocycles. The summed E-state index contributed by atoms with van der Waals surface area (Å²) in [7, 11) is 0. The highest BCUT2D eigenvalue weighted by molar-refractivity contribution is 6.01. The van der Waals surface area contributed by atoms with E-state index in [-0.39, 0.29) is 24.1 Å². The standard InChI is InChI=1S/C18H13F3N2O4/c1-2-10-3-4-14(13(19)7-10)22-17-12(18(26)23-27-6-5-24)8-11(9-25)15(20)16(17)21/h1,3-4,7-9,22,24H,5-6H2,(H,23,26). The van der Waals surface area contributed by atoms with Crippen LogP contribution in [0.3, 0.4) is 0 Å². The van der Waals surface area contributed by atoms with Gasteiger partial charge in [0.1, 0.15) is 5.82 Å². The zero-order valence-electron chi connectivity index (χ0n) is 13.7. The van der Waals surface area contributed by atoms with Crippen LogP contribution in [-0.4, -0.2) is 30.5 Å². The number of hydrogen-bond donors (Lipinski definition) is 3. The molecule has 1 amide bonds. The van der Waals surface area contributed by atoms with Crippen LogP contribution in [0.5, 0.6) is 0 Å². The second kappa shape index (κ2) is 8.84. The molecule has 0 spiro atoms. The second-order valence-electron chi connectivity index (χ2n) is 5.10. The number of nitrogens with one attached hydrogen (secondary N) is 2. The van der Waals surface area contributed by atoms with E-state index >= 15 is 0 Å². The highest BCUT2D eigenvalue weighted by Gasteiger charge is 2.23. The van der Waals surface area contributed by atoms with Crippen LogP contribution in [-0.2, 0) is 4.84 Å². The largest absolute Gasteiger partial charge is 0.394 e. The monoisotopic (exact) mass is 378 g/mol. The van der Waals surface area contributed by atoms with Gasteiger partial charge in [0.15, 0.2) is 17.9 Å². The molecule has 9 heteroatoms. The topological polar surface area (TPSA) is 87.7 Å². The fraction of sp³-hybridized carbons (Fsp3) is 0.111. The van der Waals surface area contributed by atoms with Crippen molar-refractivity contribution in [2.45, 2.75) is 0 Å². The summed E-state index contributed by atoms with van der Waals surface area (Å²) < 4.78 is 42.5. The number of rotatable bonds is 7. The maximum absolute atomic E-state index is 14.4. The average Bonchev–Trinajstić information content (AvgIpc) is 2.67. The number of carbonyl (C=O) groups is 2. The second-order valence-corrected chi connectivity index (χ2v) is 5.10. The van der Waals surface area contributed by atoms with Crippen molar-refractivity contribution in [1.29, 1.82) is 0 Å². The first-order valence-electron chi connectivity index (χ1n) is 7.46. The van der Waals surface area contributed by atoms with Gasteiger partial charge in [-0.05, 0) is 24.3 Å². The molecule has 0 aliphatic rings. The summed E-state index contributed by atoms with van der Waals surface area (Å²) in [4.78, 5) is 27.7. The van der Waals surface area contributed by atoms with Gasteiger partial charge >= 0.3 is 0 Å². The van der Waals surface area contributed by atoms with Crippen molar-refractivity contribution in [2.75, 3.05) is 18.5 Å². The van der Waals surface area contributed by atoms with Gasteiger partial charge < -0.3 is 10.4 Å². The van der Waals surface area contributed by atoms with E-state index in [0.717, 1.165) is 12.1 Å². The molecule has 2 aromatic rings. The Morgan fingerprint density at radius 2 is 2.00 bits per heavy atom. The summed E-state index contributed by atoms with van der Waals surface area (Å²) in [5.74, 6) is -2.78. The van der Waals surface area contributed by atoms with E-state index in [0.29, 0.717) is 0 Å². The Balaban J connectivity index is 2.50. The summed E-state index contributed by atoms with van der Waals surface area (Å²) >= 11 is 0. The average molecular weight is 378 g/mol. The quantitative estimate of drug-likeness (QED) is 0.298. The third-order valence-electron chi connectivity index (χ3n) is 3.36. The molecule has 27 heavy (non-hydrogen) atoms. The number of hydrogen-bond acceptors (Lipinski definition) is 5. The maximum atomic E-state index is 14.4. The molecule has 2 aromatic carbocycles. The summed E-state index contributed by atoms with van der Waals surface area (Å²) in [6.45, 7) is -0.670. The van der Waals surface area contributed by atoms with Gasteiger partial charge in [0.2, 0.25) is 0 Å². The predicted octanol–water partition coefficient (Wildman–Crippen LogP) is 2.29. The SMILES string of the molecule is C#Cc1ccc(Nc2c(C(=O)NOCCO)cc(C=O)c(F)c2F)c(F)c1. The Morgan fingerprint density at radius 1 is 1.26 bits per heavy atom. The van der Waals surface area contributed by atoms with Gasteiger partial charge in [-0.15, -0.1) is 6.42 Å². The number of hydroxylamine groups is 1. The minimum Gasteiger partial charge on any atom is -0.394 e. The molecule has 0 atom stereocenters. The van der Waals surface area contributed by atoms with Crippen LogP contribution < -0.4 is 10.8 Å². The van der Waals surface area contributed by atoms with Crippen molar-refractivity contribution >= 4 is 23.6 Å². The number of aliphatic hydroxyl groups is 1. The number of benzene rings is 2. The van der Waals surface area contributed by atoms with E-state index in [9.17, 15) is 22.8 Å². The predicted molar refractivity (Wildman–Crippen MR) is 89.9 cm³/mol. The third kappa shape index (κ3) is 4.44. The number of amides is 1. The van der Waals surface area contributed by atoms with Crippen LogP contribution in [0.2, 0.25) is 0 Å². The van der Waals surface area contributed by atoms with Crippen LogP contribution in [0.4, 0.5) is 24.5 Å². The number of aldehydes is 1. The molecule has 0 aliphatic carbocycles. The number of anilines is 2. The van der Waals surface area contributed by atoms with Crippen molar-refractivity contribution < 1.29 is 32.7 Å². The molecule has 0 heterocycles. The van der Waals surface area contributed by atoms with Crippen molar-refractivity contribution in [3.8, 4) is 12.3 Å². The molecule has 3 N–H and O–H groups in total. The van der Waals surface area contributed by atoms with E-state index in [1.54, 1.807) is 0 Å². The molecule has 2 rings (SSSR count). The lowest BCUT2D eigenvalue weighted by Crippen LogP contribution is -2.26.